The molecule has 2 atom stereocenters. The lowest BCUT2D eigenvalue weighted by molar-refractivity contribution is -0.596. The zero-order valence-electron chi connectivity index (χ0n) is 21.2. The highest BCUT2D eigenvalue weighted by atomic mass is 16.5. The lowest BCUT2D eigenvalue weighted by Gasteiger charge is -2.20. The number of ether oxygens (including phenoxy) is 1. The Labute approximate surface area is 212 Å². The van der Waals surface area contributed by atoms with E-state index in [1.165, 1.54) is 0 Å². The molecule has 0 saturated carbocycles. The van der Waals surface area contributed by atoms with Crippen LogP contribution in [0.4, 0.5) is 5.69 Å². The molecule has 186 valence electrons. The van der Waals surface area contributed by atoms with Crippen LogP contribution in [0.3, 0.4) is 0 Å². The fraction of sp³-hybridized carbons (Fsp3) is 0.276. The number of hydrogen-bond donors (Lipinski definition) is 2. The molecule has 0 spiro atoms. The number of hydrazone groups is 1. The first-order valence-corrected chi connectivity index (χ1v) is 12.2. The van der Waals surface area contributed by atoms with E-state index in [9.17, 15) is 9.59 Å². The number of benzene rings is 3. The van der Waals surface area contributed by atoms with Crippen molar-refractivity contribution in [3.8, 4) is 5.75 Å². The Morgan fingerprint density at radius 2 is 1.64 bits per heavy atom. The number of amides is 2. The number of nitrogens with zero attached hydrogens (tertiary/aromatic N) is 2. The van der Waals surface area contributed by atoms with Gasteiger partial charge in [0.15, 0.2) is 6.04 Å². The third-order valence-electron chi connectivity index (χ3n) is 6.50. The lowest BCUT2D eigenvalue weighted by Crippen LogP contribution is -2.42. The summed E-state index contributed by atoms with van der Waals surface area (Å²) >= 11 is 0. The van der Waals surface area contributed by atoms with Gasteiger partial charge in [-0.15, -0.1) is 10.1 Å². The van der Waals surface area contributed by atoms with Gasteiger partial charge in [-0.1, -0.05) is 29.8 Å². The van der Waals surface area contributed by atoms with Gasteiger partial charge >= 0.3 is 5.91 Å². The summed E-state index contributed by atoms with van der Waals surface area (Å²) in [6.07, 6.45) is 1.91. The Hall–Kier alpha value is -4.13. The average molecular weight is 486 g/mol. The third-order valence-corrected chi connectivity index (χ3v) is 6.50. The van der Waals surface area contributed by atoms with Crippen LogP contribution in [-0.2, 0) is 4.79 Å². The van der Waals surface area contributed by atoms with Crippen molar-refractivity contribution in [3.05, 3.63) is 95.1 Å². The molecule has 1 heterocycles. The zero-order chi connectivity index (χ0) is 25.7. The van der Waals surface area contributed by atoms with Crippen molar-refractivity contribution in [2.24, 2.45) is 0 Å². The SMILES string of the molecule is CCN(CC)c1ccc(/C=[N+]2\NC(=O)[C@@H](NC(=O)c3ccc(OC)cc3)[C@@H]2c2ccc(C)cc2)cc1. The fourth-order valence-corrected chi connectivity index (χ4v) is 4.43. The number of carbonyl (C=O) groups is 2. The maximum absolute atomic E-state index is 13.1. The highest BCUT2D eigenvalue weighted by molar-refractivity contribution is 5.98. The minimum atomic E-state index is -0.770. The van der Waals surface area contributed by atoms with Gasteiger partial charge < -0.3 is 15.0 Å². The maximum Gasteiger partial charge on any atom is 0.304 e. The quantitative estimate of drug-likeness (QED) is 0.475. The standard InChI is InChI=1S/C29H32N4O3/c1-5-32(6-2)24-15-9-21(10-16-24)19-33-27(22-11-7-20(3)8-12-22)26(29(35)31-33)30-28(34)23-13-17-25(36-4)18-14-23/h7-19,26-27H,5-6H2,1-4H3,(H-,30,31,34,35)/p+1/t26-,27-/m0/s1. The molecule has 1 aliphatic rings. The van der Waals surface area contributed by atoms with Crippen molar-refractivity contribution >= 4 is 23.7 Å². The van der Waals surface area contributed by atoms with Gasteiger partial charge in [0.2, 0.25) is 12.3 Å². The van der Waals surface area contributed by atoms with E-state index >= 15 is 0 Å². The van der Waals surface area contributed by atoms with Crippen LogP contribution in [0.15, 0.2) is 72.8 Å². The monoisotopic (exact) mass is 485 g/mol. The maximum atomic E-state index is 13.1. The first-order valence-electron chi connectivity index (χ1n) is 12.2. The number of nitrogens with one attached hydrogen (secondary N) is 2. The van der Waals surface area contributed by atoms with Crippen LogP contribution >= 0.6 is 0 Å². The van der Waals surface area contributed by atoms with Gasteiger partial charge in [-0.05, 0) is 69.3 Å². The molecule has 0 bridgehead atoms. The van der Waals surface area contributed by atoms with Gasteiger partial charge in [0, 0.05) is 35.5 Å². The summed E-state index contributed by atoms with van der Waals surface area (Å²) in [5, 5.41) is 2.94. The topological polar surface area (TPSA) is 73.7 Å². The molecule has 36 heavy (non-hydrogen) atoms. The van der Waals surface area contributed by atoms with Crippen molar-refractivity contribution in [3.63, 3.8) is 0 Å². The summed E-state index contributed by atoms with van der Waals surface area (Å²) in [5.74, 6) is 0.0780. The number of carbonyl (C=O) groups excluding carboxylic acids is 2. The highest BCUT2D eigenvalue weighted by Gasteiger charge is 2.47. The van der Waals surface area contributed by atoms with Crippen LogP contribution in [0.1, 0.15) is 46.9 Å². The van der Waals surface area contributed by atoms with Crippen LogP contribution in [0.25, 0.3) is 0 Å². The largest absolute Gasteiger partial charge is 0.497 e. The lowest BCUT2D eigenvalue weighted by atomic mass is 9.98. The Bertz CT molecular complexity index is 1230. The fourth-order valence-electron chi connectivity index (χ4n) is 4.43. The molecule has 1 aliphatic heterocycles. The summed E-state index contributed by atoms with van der Waals surface area (Å²) in [5.41, 5.74) is 7.56. The van der Waals surface area contributed by atoms with Crippen molar-refractivity contribution < 1.29 is 19.0 Å². The Morgan fingerprint density at radius 1 is 1.00 bits per heavy atom. The van der Waals surface area contributed by atoms with Crippen molar-refractivity contribution in [1.82, 2.24) is 10.7 Å². The van der Waals surface area contributed by atoms with Crippen LogP contribution in [0, 0.1) is 6.92 Å². The van der Waals surface area contributed by atoms with E-state index in [4.69, 9.17) is 4.74 Å². The summed E-state index contributed by atoms with van der Waals surface area (Å²) in [6.45, 7) is 8.16. The summed E-state index contributed by atoms with van der Waals surface area (Å²) in [7, 11) is 1.58. The molecule has 7 heteroatoms. The molecule has 2 N–H and O–H groups in total. The molecule has 4 rings (SSSR count). The van der Waals surface area contributed by atoms with E-state index in [2.05, 4.69) is 41.6 Å². The van der Waals surface area contributed by atoms with Gasteiger partial charge in [-0.25, -0.2) is 0 Å². The molecule has 1 fully saturated rings. The molecule has 0 radical (unpaired) electrons. The van der Waals surface area contributed by atoms with E-state index in [1.54, 1.807) is 36.1 Å². The Kier molecular flexibility index (Phi) is 7.68. The molecule has 0 unspecified atom stereocenters. The van der Waals surface area contributed by atoms with Gasteiger partial charge in [-0.2, -0.15) is 0 Å². The van der Waals surface area contributed by atoms with E-state index in [0.29, 0.717) is 11.3 Å². The van der Waals surface area contributed by atoms with Crippen LogP contribution in [-0.4, -0.2) is 49.0 Å². The molecule has 1 saturated heterocycles. The van der Waals surface area contributed by atoms with E-state index < -0.39 is 12.1 Å². The van der Waals surface area contributed by atoms with Gasteiger partial charge in [0.05, 0.1) is 7.11 Å². The molecule has 7 nitrogen and oxygen atoms in total. The number of anilines is 1. The summed E-state index contributed by atoms with van der Waals surface area (Å²) < 4.78 is 6.97. The normalized spacial score (nSPS) is 18.1. The number of hydrazine groups is 1. The van der Waals surface area contributed by atoms with E-state index in [1.807, 2.05) is 49.5 Å². The molecule has 2 amide bonds. The van der Waals surface area contributed by atoms with E-state index in [-0.39, 0.29) is 11.8 Å². The van der Waals surface area contributed by atoms with Crippen LogP contribution < -0.4 is 20.4 Å². The van der Waals surface area contributed by atoms with Crippen LogP contribution in [0.2, 0.25) is 0 Å². The van der Waals surface area contributed by atoms with Gasteiger partial charge in [0.25, 0.3) is 5.91 Å². The van der Waals surface area contributed by atoms with E-state index in [0.717, 1.165) is 35.5 Å². The van der Waals surface area contributed by atoms with Gasteiger partial charge in [-0.3, -0.25) is 9.59 Å². The number of rotatable bonds is 8. The second-order valence-electron chi connectivity index (χ2n) is 8.81. The Morgan fingerprint density at radius 3 is 2.22 bits per heavy atom. The highest BCUT2D eigenvalue weighted by Crippen LogP contribution is 2.26. The second kappa shape index (κ2) is 11.1. The minimum absolute atomic E-state index is 0.265. The Balaban J connectivity index is 1.65. The molecule has 0 aromatic heterocycles. The smallest absolute Gasteiger partial charge is 0.304 e. The molecule has 3 aromatic rings. The number of methoxy groups -OCH3 is 1. The number of hydrogen-bond acceptors (Lipinski definition) is 4. The summed E-state index contributed by atoms with van der Waals surface area (Å²) in [4.78, 5) is 28.4. The van der Waals surface area contributed by atoms with Gasteiger partial charge in [0.1, 0.15) is 5.75 Å². The van der Waals surface area contributed by atoms with Crippen molar-refractivity contribution in [1.29, 1.82) is 0 Å². The molecule has 0 aliphatic carbocycles. The number of aryl methyl sites for hydroxylation is 1. The predicted molar refractivity (Wildman–Crippen MR) is 142 cm³/mol. The summed E-state index contributed by atoms with van der Waals surface area (Å²) in [6, 6.07) is 21.9. The predicted octanol–water partition coefficient (Wildman–Crippen LogP) is 3.87. The first kappa shape index (κ1) is 25.0. The zero-order valence-corrected chi connectivity index (χ0v) is 21.2. The second-order valence-corrected chi connectivity index (χ2v) is 8.81. The molecule has 3 aromatic carbocycles. The molecular weight excluding hydrogens is 452 g/mol. The average Bonchev–Trinajstić information content (AvgIpc) is 3.20. The van der Waals surface area contributed by atoms with Crippen molar-refractivity contribution in [2.75, 3.05) is 25.1 Å². The van der Waals surface area contributed by atoms with Crippen LogP contribution in [0.5, 0.6) is 5.75 Å². The first-order chi connectivity index (χ1) is 17.4. The third kappa shape index (κ3) is 5.40. The molecular formula is C29H33N4O3+. The minimum Gasteiger partial charge on any atom is -0.497 e. The van der Waals surface area contributed by atoms with Crippen molar-refractivity contribution in [2.45, 2.75) is 32.9 Å².